The van der Waals surface area contributed by atoms with Crippen molar-refractivity contribution < 1.29 is 10.2 Å². The maximum Gasteiger partial charge on any atom is 0.134 e. The molecule has 2 nitrogen and oxygen atoms in total. The Labute approximate surface area is 123 Å². The molecule has 2 aromatic carbocycles. The number of rotatable bonds is 1. The van der Waals surface area contributed by atoms with Crippen LogP contribution in [0.1, 0.15) is 18.1 Å². The van der Waals surface area contributed by atoms with E-state index >= 15 is 0 Å². The number of hydrogen-bond donors (Lipinski definition) is 2. The van der Waals surface area contributed by atoms with Gasteiger partial charge in [0.15, 0.2) is 0 Å². The van der Waals surface area contributed by atoms with Gasteiger partial charge in [-0.05, 0) is 36.6 Å². The third-order valence-corrected chi connectivity index (χ3v) is 3.54. The summed E-state index contributed by atoms with van der Waals surface area (Å²) in [6, 6.07) is 10.5. The molecule has 0 aliphatic carbocycles. The van der Waals surface area contributed by atoms with Gasteiger partial charge in [0.2, 0.25) is 0 Å². The minimum absolute atomic E-state index is 0.150. The van der Waals surface area contributed by atoms with Crippen LogP contribution in [-0.4, -0.2) is 10.2 Å². The maximum absolute atomic E-state index is 9.10. The Morgan fingerprint density at radius 2 is 1.42 bits per heavy atom. The molecular weight excluding hydrogens is 283 g/mol. The van der Waals surface area contributed by atoms with Gasteiger partial charge >= 0.3 is 0 Å². The summed E-state index contributed by atoms with van der Waals surface area (Å²) >= 11 is 11.4. The molecule has 0 atom stereocenters. The van der Waals surface area contributed by atoms with Crippen molar-refractivity contribution in [1.29, 1.82) is 0 Å². The lowest BCUT2D eigenvalue weighted by atomic mass is 10.2. The molecule has 2 rings (SSSR count). The van der Waals surface area contributed by atoms with E-state index in [1.807, 2.05) is 26.0 Å². The van der Waals surface area contributed by atoms with Gasteiger partial charge in [0.05, 0.1) is 10.0 Å². The summed E-state index contributed by atoms with van der Waals surface area (Å²) in [5.41, 5.74) is 1.89. The van der Waals surface area contributed by atoms with Gasteiger partial charge in [-0.15, -0.1) is 0 Å². The summed E-state index contributed by atoms with van der Waals surface area (Å²) in [6.45, 7) is 3.85. The molecule has 0 aromatic heterocycles. The molecule has 0 radical (unpaired) electrons. The van der Waals surface area contributed by atoms with Gasteiger partial charge in [-0.1, -0.05) is 54.4 Å². The Bertz CT molecular complexity index is 534. The van der Waals surface area contributed by atoms with Crippen molar-refractivity contribution in [3.05, 3.63) is 57.6 Å². The summed E-state index contributed by atoms with van der Waals surface area (Å²) in [4.78, 5) is 0. The molecular formula is C15H16Cl2O2. The fraction of sp³-hybridized carbons (Fsp3) is 0.200. The van der Waals surface area contributed by atoms with E-state index in [4.69, 9.17) is 33.4 Å². The summed E-state index contributed by atoms with van der Waals surface area (Å²) in [6.07, 6.45) is 0.854. The Kier molecular flexibility index (Phi) is 6.00. The first kappa shape index (κ1) is 15.7. The zero-order valence-corrected chi connectivity index (χ0v) is 12.3. The van der Waals surface area contributed by atoms with Crippen LogP contribution in [0.25, 0.3) is 0 Å². The lowest BCUT2D eigenvalue weighted by Gasteiger charge is -2.00. The standard InChI is InChI=1S/C8H9ClO.C7H7ClO/c1-2-6-4-3-5-7(10)8(6)9;1-5-3-2-4-6(9)7(5)8/h3-5,10H,2H2,1H3;2-4,9H,1H3. The third kappa shape index (κ3) is 4.34. The Balaban J connectivity index is 0.000000191. The molecule has 0 amide bonds. The number of phenols is 2. The van der Waals surface area contributed by atoms with Crippen LogP contribution in [-0.2, 0) is 6.42 Å². The number of aryl methyl sites for hydroxylation is 2. The van der Waals surface area contributed by atoms with Crippen LogP contribution in [0.2, 0.25) is 10.0 Å². The second kappa shape index (κ2) is 7.27. The van der Waals surface area contributed by atoms with Crippen molar-refractivity contribution in [2.24, 2.45) is 0 Å². The lowest BCUT2D eigenvalue weighted by molar-refractivity contribution is 0.474. The van der Waals surface area contributed by atoms with Crippen molar-refractivity contribution >= 4 is 23.2 Å². The average molecular weight is 299 g/mol. The highest BCUT2D eigenvalue weighted by Crippen LogP contribution is 2.26. The average Bonchev–Trinajstić information content (AvgIpc) is 2.40. The molecule has 0 saturated heterocycles. The monoisotopic (exact) mass is 298 g/mol. The van der Waals surface area contributed by atoms with Gasteiger partial charge in [-0.2, -0.15) is 0 Å². The first-order valence-electron chi connectivity index (χ1n) is 5.87. The molecule has 0 unspecified atom stereocenters. The van der Waals surface area contributed by atoms with Gasteiger partial charge in [0, 0.05) is 0 Å². The van der Waals surface area contributed by atoms with E-state index in [1.54, 1.807) is 24.3 Å². The lowest BCUT2D eigenvalue weighted by Crippen LogP contribution is -1.80. The number of aromatic hydroxyl groups is 2. The minimum atomic E-state index is 0.150. The van der Waals surface area contributed by atoms with Crippen LogP contribution in [0.4, 0.5) is 0 Å². The zero-order valence-electron chi connectivity index (χ0n) is 10.8. The molecule has 0 fully saturated rings. The van der Waals surface area contributed by atoms with Crippen molar-refractivity contribution in [1.82, 2.24) is 0 Å². The normalized spacial score (nSPS) is 9.68. The van der Waals surface area contributed by atoms with E-state index in [9.17, 15) is 0 Å². The maximum atomic E-state index is 9.10. The van der Waals surface area contributed by atoms with Gasteiger partial charge in [-0.3, -0.25) is 0 Å². The predicted octanol–water partition coefficient (Wildman–Crippen LogP) is 4.96. The topological polar surface area (TPSA) is 40.5 Å². The second-order valence-electron chi connectivity index (χ2n) is 4.01. The van der Waals surface area contributed by atoms with Crippen LogP contribution < -0.4 is 0 Å². The van der Waals surface area contributed by atoms with E-state index in [2.05, 4.69) is 0 Å². The predicted molar refractivity (Wildman–Crippen MR) is 80.3 cm³/mol. The van der Waals surface area contributed by atoms with E-state index in [-0.39, 0.29) is 11.5 Å². The SMILES string of the molecule is CCc1cccc(O)c1Cl.Cc1cccc(O)c1Cl. The highest BCUT2D eigenvalue weighted by Gasteiger charge is 2.00. The van der Waals surface area contributed by atoms with Crippen LogP contribution in [0.15, 0.2) is 36.4 Å². The third-order valence-electron chi connectivity index (χ3n) is 2.61. The quantitative estimate of drug-likeness (QED) is 0.781. The molecule has 0 heterocycles. The fourth-order valence-corrected chi connectivity index (χ4v) is 1.86. The Hall–Kier alpha value is -1.38. The highest BCUT2D eigenvalue weighted by atomic mass is 35.5. The van der Waals surface area contributed by atoms with Crippen molar-refractivity contribution in [3.8, 4) is 11.5 Å². The second-order valence-corrected chi connectivity index (χ2v) is 4.77. The number of phenolic OH excluding ortho intramolecular Hbond substituents is 2. The van der Waals surface area contributed by atoms with Crippen LogP contribution in [0.5, 0.6) is 11.5 Å². The van der Waals surface area contributed by atoms with E-state index < -0.39 is 0 Å². The number of hydrogen-bond acceptors (Lipinski definition) is 2. The smallest absolute Gasteiger partial charge is 0.134 e. The van der Waals surface area contributed by atoms with E-state index in [0.717, 1.165) is 17.5 Å². The first-order valence-corrected chi connectivity index (χ1v) is 6.63. The van der Waals surface area contributed by atoms with Gasteiger partial charge < -0.3 is 10.2 Å². The molecule has 0 aliphatic heterocycles. The summed E-state index contributed by atoms with van der Waals surface area (Å²) in [5.74, 6) is 0.317. The van der Waals surface area contributed by atoms with E-state index in [0.29, 0.717) is 10.0 Å². The Morgan fingerprint density at radius 1 is 0.895 bits per heavy atom. The van der Waals surface area contributed by atoms with Crippen molar-refractivity contribution in [3.63, 3.8) is 0 Å². The molecule has 2 N–H and O–H groups in total. The van der Waals surface area contributed by atoms with Gasteiger partial charge in [-0.25, -0.2) is 0 Å². The highest BCUT2D eigenvalue weighted by molar-refractivity contribution is 6.33. The summed E-state index contributed by atoms with van der Waals surface area (Å²) in [7, 11) is 0. The molecule has 0 bridgehead atoms. The Morgan fingerprint density at radius 3 is 1.84 bits per heavy atom. The van der Waals surface area contributed by atoms with Crippen LogP contribution in [0, 0.1) is 6.92 Å². The van der Waals surface area contributed by atoms with Crippen LogP contribution >= 0.6 is 23.2 Å². The minimum Gasteiger partial charge on any atom is -0.506 e. The molecule has 102 valence electrons. The van der Waals surface area contributed by atoms with Crippen molar-refractivity contribution in [2.45, 2.75) is 20.3 Å². The molecule has 19 heavy (non-hydrogen) atoms. The van der Waals surface area contributed by atoms with E-state index in [1.165, 1.54) is 0 Å². The molecule has 0 aliphatic rings. The summed E-state index contributed by atoms with van der Waals surface area (Å²) in [5, 5.41) is 19.0. The molecule has 0 saturated carbocycles. The number of benzene rings is 2. The molecule has 4 heteroatoms. The van der Waals surface area contributed by atoms with Crippen LogP contribution in [0.3, 0.4) is 0 Å². The van der Waals surface area contributed by atoms with Crippen molar-refractivity contribution in [2.75, 3.05) is 0 Å². The molecule has 0 spiro atoms. The fourth-order valence-electron chi connectivity index (χ4n) is 1.47. The van der Waals surface area contributed by atoms with Gasteiger partial charge in [0.1, 0.15) is 11.5 Å². The molecule has 2 aromatic rings. The van der Waals surface area contributed by atoms with Gasteiger partial charge in [0.25, 0.3) is 0 Å². The zero-order chi connectivity index (χ0) is 14.4. The first-order chi connectivity index (χ1) is 8.97. The summed E-state index contributed by atoms with van der Waals surface area (Å²) < 4.78 is 0. The largest absolute Gasteiger partial charge is 0.506 e. The number of halogens is 2.